The van der Waals surface area contributed by atoms with Crippen LogP contribution in [0.1, 0.15) is 24.5 Å². The molecule has 2 aromatic rings. The van der Waals surface area contributed by atoms with Crippen LogP contribution in [0.4, 0.5) is 0 Å². The lowest BCUT2D eigenvalue weighted by Crippen LogP contribution is -2.40. The summed E-state index contributed by atoms with van der Waals surface area (Å²) in [6.07, 6.45) is -0.0467. The summed E-state index contributed by atoms with van der Waals surface area (Å²) in [6.45, 7) is 7.95. The van der Waals surface area contributed by atoms with E-state index in [9.17, 15) is 13.2 Å². The summed E-state index contributed by atoms with van der Waals surface area (Å²) in [5.74, 6) is 1.01. The maximum atomic E-state index is 12.7. The van der Waals surface area contributed by atoms with Crippen molar-refractivity contribution in [3.05, 3.63) is 53.6 Å². The van der Waals surface area contributed by atoms with Crippen molar-refractivity contribution in [3.63, 3.8) is 0 Å². The van der Waals surface area contributed by atoms with Crippen molar-refractivity contribution >= 4 is 15.9 Å². The fraction of sp³-hybridized carbons (Fsp3) is 0.458. The van der Waals surface area contributed by atoms with Crippen LogP contribution in [0.2, 0.25) is 0 Å². The molecule has 0 aromatic heterocycles. The number of hydrogen-bond acceptors (Lipinski definition) is 6. The van der Waals surface area contributed by atoms with E-state index in [1.807, 2.05) is 32.9 Å². The van der Waals surface area contributed by atoms with E-state index in [2.05, 4.69) is 11.4 Å². The molecule has 180 valence electrons. The highest BCUT2D eigenvalue weighted by Crippen LogP contribution is 2.21. The Kier molecular flexibility index (Phi) is 8.71. The lowest BCUT2D eigenvalue weighted by molar-refractivity contribution is -0.128. The minimum absolute atomic E-state index is 0.202. The molecule has 0 spiro atoms. The molecule has 1 heterocycles. The monoisotopic (exact) mass is 476 g/mol. The van der Waals surface area contributed by atoms with Crippen LogP contribution >= 0.6 is 0 Å². The maximum absolute atomic E-state index is 12.7. The SMILES string of the molecule is CC[C@H](Oc1cc(C)cc(C)c1)C(=O)NCCOc1ccc(S(=O)(=O)N2CCOCC2)cc1. The number of aryl methyl sites for hydroxylation is 2. The molecule has 0 aliphatic carbocycles. The van der Waals surface area contributed by atoms with Gasteiger partial charge in [0.2, 0.25) is 10.0 Å². The number of rotatable bonds is 10. The molecule has 1 saturated heterocycles. The Bertz CT molecular complexity index is 1010. The number of ether oxygens (including phenoxy) is 3. The average Bonchev–Trinajstić information content (AvgIpc) is 2.80. The fourth-order valence-electron chi connectivity index (χ4n) is 3.59. The Morgan fingerprint density at radius 2 is 1.70 bits per heavy atom. The van der Waals surface area contributed by atoms with Gasteiger partial charge < -0.3 is 19.5 Å². The molecule has 1 aliphatic rings. The molecular formula is C24H32N2O6S. The van der Waals surface area contributed by atoms with E-state index in [1.54, 1.807) is 12.1 Å². The second kappa shape index (κ2) is 11.5. The van der Waals surface area contributed by atoms with Crippen molar-refractivity contribution < 1.29 is 27.4 Å². The predicted octanol–water partition coefficient (Wildman–Crippen LogP) is 2.68. The van der Waals surface area contributed by atoms with E-state index >= 15 is 0 Å². The predicted molar refractivity (Wildman–Crippen MR) is 125 cm³/mol. The highest BCUT2D eigenvalue weighted by molar-refractivity contribution is 7.89. The topological polar surface area (TPSA) is 94.2 Å². The van der Waals surface area contributed by atoms with Crippen LogP contribution in [-0.4, -0.2) is 64.2 Å². The molecule has 0 saturated carbocycles. The molecule has 0 radical (unpaired) electrons. The highest BCUT2D eigenvalue weighted by Gasteiger charge is 2.26. The molecule has 9 heteroatoms. The molecule has 2 aromatic carbocycles. The lowest BCUT2D eigenvalue weighted by atomic mass is 10.1. The lowest BCUT2D eigenvalue weighted by Gasteiger charge is -2.26. The summed E-state index contributed by atoms with van der Waals surface area (Å²) in [5, 5.41) is 2.83. The number of nitrogens with zero attached hydrogens (tertiary/aromatic N) is 1. The Balaban J connectivity index is 1.46. The Morgan fingerprint density at radius 1 is 1.06 bits per heavy atom. The average molecular weight is 477 g/mol. The third-order valence-electron chi connectivity index (χ3n) is 5.24. The number of morpholine rings is 1. The van der Waals surface area contributed by atoms with Crippen LogP contribution in [0.25, 0.3) is 0 Å². The van der Waals surface area contributed by atoms with E-state index in [0.29, 0.717) is 50.8 Å². The van der Waals surface area contributed by atoms with E-state index in [1.165, 1.54) is 16.4 Å². The largest absolute Gasteiger partial charge is 0.492 e. The number of nitrogens with one attached hydrogen (secondary N) is 1. The molecule has 1 aliphatic heterocycles. The summed E-state index contributed by atoms with van der Waals surface area (Å²) < 4.78 is 43.5. The van der Waals surface area contributed by atoms with Crippen LogP contribution in [-0.2, 0) is 19.6 Å². The maximum Gasteiger partial charge on any atom is 0.261 e. The van der Waals surface area contributed by atoms with E-state index in [4.69, 9.17) is 14.2 Å². The van der Waals surface area contributed by atoms with Gasteiger partial charge >= 0.3 is 0 Å². The van der Waals surface area contributed by atoms with Gasteiger partial charge in [-0.15, -0.1) is 0 Å². The fourth-order valence-corrected chi connectivity index (χ4v) is 5.00. The van der Waals surface area contributed by atoms with E-state index in [0.717, 1.165) is 11.1 Å². The van der Waals surface area contributed by atoms with Gasteiger partial charge in [-0.3, -0.25) is 4.79 Å². The van der Waals surface area contributed by atoms with Crippen molar-refractivity contribution in [2.75, 3.05) is 39.5 Å². The number of amides is 1. The van der Waals surface area contributed by atoms with E-state index < -0.39 is 16.1 Å². The van der Waals surface area contributed by atoms with Gasteiger partial charge in [0.15, 0.2) is 6.10 Å². The summed E-state index contributed by atoms with van der Waals surface area (Å²) >= 11 is 0. The van der Waals surface area contributed by atoms with E-state index in [-0.39, 0.29) is 17.4 Å². The van der Waals surface area contributed by atoms with Crippen LogP contribution in [0, 0.1) is 13.8 Å². The van der Waals surface area contributed by atoms with Gasteiger partial charge in [-0.05, 0) is 67.8 Å². The van der Waals surface area contributed by atoms with Crippen molar-refractivity contribution in [1.82, 2.24) is 9.62 Å². The Labute approximate surface area is 195 Å². The van der Waals surface area contributed by atoms with Gasteiger partial charge in [0.1, 0.15) is 18.1 Å². The number of hydrogen-bond donors (Lipinski definition) is 1. The minimum Gasteiger partial charge on any atom is -0.492 e. The zero-order valence-electron chi connectivity index (χ0n) is 19.4. The quantitative estimate of drug-likeness (QED) is 0.530. The zero-order valence-corrected chi connectivity index (χ0v) is 20.2. The Hall–Kier alpha value is -2.62. The molecule has 33 heavy (non-hydrogen) atoms. The van der Waals surface area contributed by atoms with Crippen molar-refractivity contribution in [1.29, 1.82) is 0 Å². The molecular weight excluding hydrogens is 444 g/mol. The second-order valence-electron chi connectivity index (χ2n) is 7.97. The van der Waals surface area contributed by atoms with Crippen LogP contribution in [0.5, 0.6) is 11.5 Å². The van der Waals surface area contributed by atoms with Crippen molar-refractivity contribution in [2.24, 2.45) is 0 Å². The van der Waals surface area contributed by atoms with Gasteiger partial charge in [-0.2, -0.15) is 4.31 Å². The molecule has 1 fully saturated rings. The molecule has 1 atom stereocenters. The van der Waals surface area contributed by atoms with Crippen LogP contribution < -0.4 is 14.8 Å². The number of benzene rings is 2. The van der Waals surface area contributed by atoms with Crippen LogP contribution in [0.3, 0.4) is 0 Å². The first kappa shape index (κ1) is 25.0. The first-order valence-corrected chi connectivity index (χ1v) is 12.6. The summed E-state index contributed by atoms with van der Waals surface area (Å²) in [6, 6.07) is 12.2. The number of sulfonamides is 1. The second-order valence-corrected chi connectivity index (χ2v) is 9.90. The molecule has 0 bridgehead atoms. The first-order chi connectivity index (χ1) is 15.8. The number of carbonyl (C=O) groups excluding carboxylic acids is 1. The third kappa shape index (κ3) is 6.93. The molecule has 3 rings (SSSR count). The minimum atomic E-state index is -3.53. The van der Waals surface area contributed by atoms with Gasteiger partial charge in [-0.25, -0.2) is 8.42 Å². The molecule has 1 N–H and O–H groups in total. The molecule has 1 amide bonds. The summed E-state index contributed by atoms with van der Waals surface area (Å²) in [7, 11) is -3.53. The van der Waals surface area contributed by atoms with Crippen LogP contribution in [0.15, 0.2) is 47.4 Å². The first-order valence-electron chi connectivity index (χ1n) is 11.1. The van der Waals surface area contributed by atoms with Crippen molar-refractivity contribution in [3.8, 4) is 11.5 Å². The third-order valence-corrected chi connectivity index (χ3v) is 7.15. The van der Waals surface area contributed by atoms with Gasteiger partial charge in [0.25, 0.3) is 5.91 Å². The summed E-state index contributed by atoms with van der Waals surface area (Å²) in [5.41, 5.74) is 2.16. The normalized spacial score (nSPS) is 15.6. The smallest absolute Gasteiger partial charge is 0.261 e. The zero-order chi connectivity index (χ0) is 23.8. The van der Waals surface area contributed by atoms with Gasteiger partial charge in [0.05, 0.1) is 24.7 Å². The molecule has 8 nitrogen and oxygen atoms in total. The summed E-state index contributed by atoms with van der Waals surface area (Å²) in [4.78, 5) is 12.7. The molecule has 0 unspecified atom stereocenters. The van der Waals surface area contributed by atoms with Crippen molar-refractivity contribution in [2.45, 2.75) is 38.2 Å². The highest BCUT2D eigenvalue weighted by atomic mass is 32.2. The number of carbonyl (C=O) groups is 1. The standard InChI is InChI=1S/C24H32N2O6S/c1-4-23(32-21-16-18(2)15-19(3)17-21)24(27)25-9-12-31-20-5-7-22(8-6-20)33(28,29)26-10-13-30-14-11-26/h5-8,15-17,23H,4,9-14H2,1-3H3,(H,25,27)/t23-/m0/s1. The van der Waals surface area contributed by atoms with Gasteiger partial charge in [-0.1, -0.05) is 13.0 Å². The van der Waals surface area contributed by atoms with Gasteiger partial charge in [0, 0.05) is 13.1 Å². The Morgan fingerprint density at radius 3 is 2.30 bits per heavy atom.